The lowest BCUT2D eigenvalue weighted by Crippen LogP contribution is -2.33. The molecule has 1 amide bonds. The lowest BCUT2D eigenvalue weighted by atomic mass is 9.95. The molecule has 1 aliphatic heterocycles. The molecule has 2 atom stereocenters. The van der Waals surface area contributed by atoms with E-state index in [1.54, 1.807) is 12.1 Å². The molecule has 0 spiro atoms. The van der Waals surface area contributed by atoms with Crippen LogP contribution in [0.1, 0.15) is 0 Å². The monoisotopic (exact) mass is 423 g/mol. The van der Waals surface area contributed by atoms with Gasteiger partial charge in [-0.3, -0.25) is 19.0 Å². The van der Waals surface area contributed by atoms with Crippen molar-refractivity contribution in [3.05, 3.63) is 58.8 Å². The summed E-state index contributed by atoms with van der Waals surface area (Å²) in [5.74, 6) is -5.34. The molecular formula is C18H18FN3O6S. The van der Waals surface area contributed by atoms with Crippen molar-refractivity contribution in [3.63, 3.8) is 0 Å². The molecular weight excluding hydrogens is 405 g/mol. The third-order valence-corrected chi connectivity index (χ3v) is 5.96. The van der Waals surface area contributed by atoms with Crippen molar-refractivity contribution in [2.45, 2.75) is 0 Å². The number of amides is 1. The Labute approximate surface area is 165 Å². The van der Waals surface area contributed by atoms with Crippen LogP contribution in [-0.4, -0.2) is 53.6 Å². The van der Waals surface area contributed by atoms with E-state index in [4.69, 9.17) is 0 Å². The lowest BCUT2D eigenvalue weighted by molar-refractivity contribution is -0.144. The largest absolute Gasteiger partial charge is 0.481 e. The first-order chi connectivity index (χ1) is 13.6. The molecule has 0 radical (unpaired) electrons. The predicted molar refractivity (Wildman–Crippen MR) is 102 cm³/mol. The Morgan fingerprint density at radius 1 is 1.17 bits per heavy atom. The quantitative estimate of drug-likeness (QED) is 0.722. The SMILES string of the molecule is CS(=O)(=O)N1C[C@H](C(=O)O)[C@@H](C(=O)Nc2ccc(-n3ccccc3=O)cc2F)C1. The van der Waals surface area contributed by atoms with E-state index in [2.05, 4.69) is 5.32 Å². The van der Waals surface area contributed by atoms with Crippen LogP contribution in [0.25, 0.3) is 5.69 Å². The Hall–Kier alpha value is -3.05. The van der Waals surface area contributed by atoms with Gasteiger partial charge >= 0.3 is 5.97 Å². The first kappa shape index (κ1) is 20.7. The number of sulfonamides is 1. The zero-order valence-electron chi connectivity index (χ0n) is 15.3. The Morgan fingerprint density at radius 2 is 1.86 bits per heavy atom. The topological polar surface area (TPSA) is 126 Å². The normalized spacial score (nSPS) is 19.8. The summed E-state index contributed by atoms with van der Waals surface area (Å²) in [6.45, 7) is -0.634. The Kier molecular flexibility index (Phi) is 5.53. The molecule has 3 rings (SSSR count). The maximum absolute atomic E-state index is 14.5. The molecule has 2 aromatic rings. The van der Waals surface area contributed by atoms with Crippen LogP contribution in [0.5, 0.6) is 0 Å². The van der Waals surface area contributed by atoms with Gasteiger partial charge in [0.1, 0.15) is 5.82 Å². The number of nitrogens with zero attached hydrogens (tertiary/aromatic N) is 2. The van der Waals surface area contributed by atoms with Gasteiger partial charge in [-0.05, 0) is 18.2 Å². The van der Waals surface area contributed by atoms with Crippen LogP contribution in [0.3, 0.4) is 0 Å². The number of anilines is 1. The fourth-order valence-electron chi connectivity index (χ4n) is 3.18. The van der Waals surface area contributed by atoms with E-state index >= 15 is 0 Å². The van der Waals surface area contributed by atoms with E-state index in [0.717, 1.165) is 16.6 Å². The van der Waals surface area contributed by atoms with E-state index in [-0.39, 0.29) is 30.0 Å². The van der Waals surface area contributed by atoms with Gasteiger partial charge in [0.05, 0.1) is 29.5 Å². The first-order valence-corrected chi connectivity index (χ1v) is 10.4. The summed E-state index contributed by atoms with van der Waals surface area (Å²) < 4.78 is 40.0. The summed E-state index contributed by atoms with van der Waals surface area (Å²) >= 11 is 0. The van der Waals surface area contributed by atoms with Gasteiger partial charge in [-0.1, -0.05) is 6.07 Å². The number of rotatable bonds is 5. The summed E-state index contributed by atoms with van der Waals surface area (Å²) in [5.41, 5.74) is -0.317. The number of carbonyl (C=O) groups excluding carboxylic acids is 1. The van der Waals surface area contributed by atoms with Crippen molar-refractivity contribution in [2.75, 3.05) is 24.7 Å². The van der Waals surface area contributed by atoms with Crippen molar-refractivity contribution in [3.8, 4) is 5.69 Å². The Morgan fingerprint density at radius 3 is 2.45 bits per heavy atom. The second-order valence-corrected chi connectivity index (χ2v) is 8.68. The van der Waals surface area contributed by atoms with E-state index < -0.39 is 39.6 Å². The predicted octanol–water partition coefficient (Wildman–Crippen LogP) is 0.507. The molecule has 0 unspecified atom stereocenters. The summed E-state index contributed by atoms with van der Waals surface area (Å²) in [7, 11) is -3.67. The molecule has 0 saturated carbocycles. The fraction of sp³-hybridized carbons (Fsp3) is 0.278. The van der Waals surface area contributed by atoms with Crippen LogP contribution in [-0.2, 0) is 19.6 Å². The van der Waals surface area contributed by atoms with Crippen LogP contribution < -0.4 is 10.9 Å². The van der Waals surface area contributed by atoms with Gasteiger partial charge in [0.15, 0.2) is 0 Å². The van der Waals surface area contributed by atoms with Crippen molar-refractivity contribution >= 4 is 27.6 Å². The highest BCUT2D eigenvalue weighted by molar-refractivity contribution is 7.88. The molecule has 2 N–H and O–H groups in total. The third-order valence-electron chi connectivity index (χ3n) is 4.72. The third kappa shape index (κ3) is 4.35. The smallest absolute Gasteiger partial charge is 0.308 e. The highest BCUT2D eigenvalue weighted by Crippen LogP contribution is 2.28. The molecule has 9 nitrogen and oxygen atoms in total. The summed E-state index contributed by atoms with van der Waals surface area (Å²) in [5, 5.41) is 11.6. The first-order valence-electron chi connectivity index (χ1n) is 8.54. The van der Waals surface area contributed by atoms with E-state index in [1.807, 2.05) is 0 Å². The van der Waals surface area contributed by atoms with Gasteiger partial charge in [-0.15, -0.1) is 0 Å². The molecule has 0 aliphatic carbocycles. The fourth-order valence-corrected chi connectivity index (χ4v) is 4.04. The molecule has 1 saturated heterocycles. The highest BCUT2D eigenvalue weighted by Gasteiger charge is 2.45. The second kappa shape index (κ2) is 7.76. The number of carboxylic acids is 1. The maximum atomic E-state index is 14.5. The average molecular weight is 423 g/mol. The van der Waals surface area contributed by atoms with Gasteiger partial charge in [0, 0.05) is 31.4 Å². The van der Waals surface area contributed by atoms with Gasteiger partial charge in [-0.25, -0.2) is 17.1 Å². The molecule has 154 valence electrons. The second-order valence-electron chi connectivity index (χ2n) is 6.69. The molecule has 29 heavy (non-hydrogen) atoms. The van der Waals surface area contributed by atoms with Crippen LogP contribution in [0.4, 0.5) is 10.1 Å². The number of halogens is 1. The zero-order chi connectivity index (χ0) is 21.3. The van der Waals surface area contributed by atoms with Gasteiger partial charge in [0.25, 0.3) is 5.56 Å². The molecule has 1 aromatic heterocycles. The van der Waals surface area contributed by atoms with Gasteiger partial charge < -0.3 is 10.4 Å². The van der Waals surface area contributed by atoms with Crippen molar-refractivity contribution < 1.29 is 27.5 Å². The molecule has 1 aromatic carbocycles. The lowest BCUT2D eigenvalue weighted by Gasteiger charge is -2.15. The van der Waals surface area contributed by atoms with Crippen molar-refractivity contribution in [2.24, 2.45) is 11.8 Å². The number of aromatic nitrogens is 1. The standard InChI is InChI=1S/C18H18FN3O6S/c1-29(27,28)21-9-12(13(10-21)18(25)26)17(24)20-15-6-5-11(8-14(15)19)22-7-3-2-4-16(22)23/h2-8,12-13H,9-10H2,1H3,(H,20,24)(H,25,26)/t12-,13-/m0/s1. The average Bonchev–Trinajstić information content (AvgIpc) is 3.10. The van der Waals surface area contributed by atoms with E-state index in [1.165, 1.54) is 29.0 Å². The molecule has 1 fully saturated rings. The molecule has 2 heterocycles. The zero-order valence-corrected chi connectivity index (χ0v) is 16.1. The van der Waals surface area contributed by atoms with Crippen LogP contribution >= 0.6 is 0 Å². The Bertz CT molecular complexity index is 1130. The van der Waals surface area contributed by atoms with E-state index in [9.17, 15) is 32.3 Å². The van der Waals surface area contributed by atoms with Gasteiger partial charge in [0.2, 0.25) is 15.9 Å². The number of carboxylic acid groups (broad SMARTS) is 1. The van der Waals surface area contributed by atoms with E-state index in [0.29, 0.717) is 0 Å². The number of carbonyl (C=O) groups is 2. The van der Waals surface area contributed by atoms with Crippen LogP contribution in [0, 0.1) is 17.7 Å². The number of nitrogens with one attached hydrogen (secondary N) is 1. The van der Waals surface area contributed by atoms with Crippen molar-refractivity contribution in [1.82, 2.24) is 8.87 Å². The molecule has 11 heteroatoms. The summed E-state index contributed by atoms with van der Waals surface area (Å²) in [6, 6.07) is 8.20. The minimum Gasteiger partial charge on any atom is -0.481 e. The Balaban J connectivity index is 1.82. The van der Waals surface area contributed by atoms with Gasteiger partial charge in [-0.2, -0.15) is 0 Å². The highest BCUT2D eigenvalue weighted by atomic mass is 32.2. The van der Waals surface area contributed by atoms with Crippen LogP contribution in [0.2, 0.25) is 0 Å². The summed E-state index contributed by atoms with van der Waals surface area (Å²) in [6.07, 6.45) is 2.39. The molecule has 0 bridgehead atoms. The number of hydrogen-bond acceptors (Lipinski definition) is 5. The number of aliphatic carboxylic acids is 1. The number of hydrogen-bond donors (Lipinski definition) is 2. The number of benzene rings is 1. The number of pyridine rings is 1. The maximum Gasteiger partial charge on any atom is 0.308 e. The minimum absolute atomic E-state index is 0.204. The molecule has 1 aliphatic rings. The van der Waals surface area contributed by atoms with Crippen LogP contribution in [0.15, 0.2) is 47.4 Å². The minimum atomic E-state index is -3.67. The van der Waals surface area contributed by atoms with Crippen molar-refractivity contribution in [1.29, 1.82) is 0 Å². The summed E-state index contributed by atoms with van der Waals surface area (Å²) in [4.78, 5) is 35.8.